The number of benzene rings is 1. The van der Waals surface area contributed by atoms with E-state index in [1.54, 1.807) is 14.0 Å². The Labute approximate surface area is 119 Å². The summed E-state index contributed by atoms with van der Waals surface area (Å²) in [5.41, 5.74) is 8.41. The number of nitrogens with two attached hydrogens (primary N) is 1. The molecule has 1 amide bonds. The third-order valence-corrected chi connectivity index (χ3v) is 3.53. The number of carbonyl (C=O) groups excluding carboxylic acids is 1. The quantitative estimate of drug-likeness (QED) is 0.766. The minimum absolute atomic E-state index is 0.133. The molecule has 1 aromatic rings. The normalized spacial score (nSPS) is 18.4. The van der Waals surface area contributed by atoms with Crippen LogP contribution in [0.15, 0.2) is 18.2 Å². The van der Waals surface area contributed by atoms with Gasteiger partial charge in [-0.25, -0.2) is 0 Å². The average Bonchev–Trinajstić information content (AvgIpc) is 2.80. The number of carbonyl (C=O) groups is 1. The fraction of sp³-hybridized carbons (Fsp3) is 0.533. The van der Waals surface area contributed by atoms with Gasteiger partial charge in [-0.05, 0) is 43.0 Å². The highest BCUT2D eigenvalue weighted by atomic mass is 16.5. The monoisotopic (exact) mass is 278 g/mol. The fourth-order valence-corrected chi connectivity index (χ4v) is 2.38. The molecule has 0 saturated carbocycles. The van der Waals surface area contributed by atoms with E-state index in [0.717, 1.165) is 12.8 Å². The van der Waals surface area contributed by atoms with E-state index in [0.29, 0.717) is 18.9 Å². The molecular weight excluding hydrogens is 256 g/mol. The van der Waals surface area contributed by atoms with Crippen molar-refractivity contribution in [3.8, 4) is 5.75 Å². The topological polar surface area (TPSA) is 73.6 Å². The number of nitrogens with one attached hydrogen (secondary N) is 1. The lowest BCUT2D eigenvalue weighted by molar-refractivity contribution is -0.127. The molecule has 5 heteroatoms. The van der Waals surface area contributed by atoms with Crippen molar-refractivity contribution < 1.29 is 14.3 Å². The van der Waals surface area contributed by atoms with E-state index >= 15 is 0 Å². The Morgan fingerprint density at radius 3 is 3.10 bits per heavy atom. The Balaban J connectivity index is 1.91. The Kier molecular flexibility index (Phi) is 4.98. The van der Waals surface area contributed by atoms with Gasteiger partial charge in [0.05, 0.1) is 6.61 Å². The van der Waals surface area contributed by atoms with E-state index in [-0.39, 0.29) is 11.9 Å². The molecule has 0 fully saturated rings. The van der Waals surface area contributed by atoms with Crippen molar-refractivity contribution in [2.24, 2.45) is 5.73 Å². The van der Waals surface area contributed by atoms with Crippen LogP contribution in [-0.2, 0) is 16.0 Å². The first-order valence-corrected chi connectivity index (χ1v) is 6.93. The predicted octanol–water partition coefficient (Wildman–Crippen LogP) is 1.16. The van der Waals surface area contributed by atoms with Crippen LogP contribution in [0.3, 0.4) is 0 Å². The van der Waals surface area contributed by atoms with Crippen LogP contribution in [-0.4, -0.2) is 32.3 Å². The SMILES string of the molecule is COCCNC(=O)C(C)Oc1ccc2c(c1)CC[C@@H]2N. The van der Waals surface area contributed by atoms with Gasteiger partial charge in [-0.3, -0.25) is 4.79 Å². The molecule has 3 N–H and O–H groups in total. The van der Waals surface area contributed by atoms with E-state index in [2.05, 4.69) is 5.32 Å². The van der Waals surface area contributed by atoms with Crippen LogP contribution in [0.4, 0.5) is 0 Å². The van der Waals surface area contributed by atoms with Crippen molar-refractivity contribution in [2.45, 2.75) is 31.9 Å². The summed E-state index contributed by atoms with van der Waals surface area (Å²) >= 11 is 0. The molecule has 0 radical (unpaired) electrons. The molecule has 1 aliphatic rings. The molecule has 0 aliphatic heterocycles. The number of rotatable bonds is 6. The standard InChI is InChI=1S/C15H22N2O3/c1-10(15(18)17-7-8-19-2)20-12-4-5-13-11(9-12)3-6-14(13)16/h4-5,9-10,14H,3,6-8,16H2,1-2H3,(H,17,18)/t10?,14-/m0/s1. The average molecular weight is 278 g/mol. The summed E-state index contributed by atoms with van der Waals surface area (Å²) in [7, 11) is 1.60. The number of methoxy groups -OCH3 is 1. The Hall–Kier alpha value is -1.59. The van der Waals surface area contributed by atoms with Crippen molar-refractivity contribution in [3.63, 3.8) is 0 Å². The van der Waals surface area contributed by atoms with Gasteiger partial charge >= 0.3 is 0 Å². The van der Waals surface area contributed by atoms with E-state index in [1.165, 1.54) is 11.1 Å². The molecule has 1 aromatic carbocycles. The summed E-state index contributed by atoms with van der Waals surface area (Å²) < 4.78 is 10.6. The van der Waals surface area contributed by atoms with Gasteiger partial charge in [0, 0.05) is 19.7 Å². The van der Waals surface area contributed by atoms with E-state index in [1.807, 2.05) is 18.2 Å². The summed E-state index contributed by atoms with van der Waals surface area (Å²) in [6.07, 6.45) is 1.42. The third kappa shape index (κ3) is 3.49. The number of hydrogen-bond donors (Lipinski definition) is 2. The second-order valence-electron chi connectivity index (χ2n) is 5.05. The van der Waals surface area contributed by atoms with Gasteiger partial charge in [0.25, 0.3) is 5.91 Å². The highest BCUT2D eigenvalue weighted by molar-refractivity contribution is 5.80. The van der Waals surface area contributed by atoms with Gasteiger partial charge in [-0.2, -0.15) is 0 Å². The summed E-state index contributed by atoms with van der Waals surface area (Å²) in [6, 6.07) is 6.00. The van der Waals surface area contributed by atoms with E-state index in [4.69, 9.17) is 15.2 Å². The van der Waals surface area contributed by atoms with Gasteiger partial charge in [0.15, 0.2) is 6.10 Å². The summed E-state index contributed by atoms with van der Waals surface area (Å²) in [4.78, 5) is 11.8. The number of ether oxygens (including phenoxy) is 2. The number of fused-ring (bicyclic) bond motifs is 1. The first-order valence-electron chi connectivity index (χ1n) is 6.93. The smallest absolute Gasteiger partial charge is 0.260 e. The Morgan fingerprint density at radius 1 is 1.55 bits per heavy atom. The number of amides is 1. The molecule has 110 valence electrons. The van der Waals surface area contributed by atoms with Crippen LogP contribution in [0.25, 0.3) is 0 Å². The zero-order valence-electron chi connectivity index (χ0n) is 12.0. The summed E-state index contributed by atoms with van der Waals surface area (Å²) in [5.74, 6) is 0.575. The molecule has 0 spiro atoms. The molecule has 5 nitrogen and oxygen atoms in total. The molecule has 2 atom stereocenters. The van der Waals surface area contributed by atoms with Crippen molar-refractivity contribution in [3.05, 3.63) is 29.3 Å². The van der Waals surface area contributed by atoms with Gasteiger partial charge in [-0.15, -0.1) is 0 Å². The van der Waals surface area contributed by atoms with Crippen molar-refractivity contribution in [1.29, 1.82) is 0 Å². The van der Waals surface area contributed by atoms with Gasteiger partial charge in [0.2, 0.25) is 0 Å². The summed E-state index contributed by atoms with van der Waals surface area (Å²) in [6.45, 7) is 2.72. The molecule has 0 saturated heterocycles. The first-order chi connectivity index (χ1) is 9.61. The minimum Gasteiger partial charge on any atom is -0.481 e. The van der Waals surface area contributed by atoms with Crippen molar-refractivity contribution in [1.82, 2.24) is 5.32 Å². The zero-order valence-corrected chi connectivity index (χ0v) is 12.0. The lowest BCUT2D eigenvalue weighted by atomic mass is 10.1. The Bertz CT molecular complexity index is 476. The van der Waals surface area contributed by atoms with E-state index < -0.39 is 6.10 Å². The van der Waals surface area contributed by atoms with Crippen LogP contribution in [0.5, 0.6) is 5.75 Å². The Morgan fingerprint density at radius 2 is 2.35 bits per heavy atom. The van der Waals surface area contributed by atoms with E-state index in [9.17, 15) is 4.79 Å². The predicted molar refractivity (Wildman–Crippen MR) is 76.7 cm³/mol. The lowest BCUT2D eigenvalue weighted by Gasteiger charge is -2.15. The fourth-order valence-electron chi connectivity index (χ4n) is 2.38. The zero-order chi connectivity index (χ0) is 14.5. The largest absolute Gasteiger partial charge is 0.481 e. The maximum Gasteiger partial charge on any atom is 0.260 e. The lowest BCUT2D eigenvalue weighted by Crippen LogP contribution is -2.37. The van der Waals surface area contributed by atoms with Crippen LogP contribution in [0.2, 0.25) is 0 Å². The minimum atomic E-state index is -0.528. The highest BCUT2D eigenvalue weighted by Gasteiger charge is 2.20. The second kappa shape index (κ2) is 6.72. The molecular formula is C15H22N2O3. The summed E-state index contributed by atoms with van der Waals surface area (Å²) in [5, 5.41) is 2.75. The molecule has 0 bridgehead atoms. The highest BCUT2D eigenvalue weighted by Crippen LogP contribution is 2.32. The number of aryl methyl sites for hydroxylation is 1. The van der Waals surface area contributed by atoms with Crippen LogP contribution in [0, 0.1) is 0 Å². The molecule has 0 aromatic heterocycles. The van der Waals surface area contributed by atoms with Gasteiger partial charge in [-0.1, -0.05) is 6.07 Å². The molecule has 1 unspecified atom stereocenters. The van der Waals surface area contributed by atoms with Crippen molar-refractivity contribution in [2.75, 3.05) is 20.3 Å². The first kappa shape index (κ1) is 14.8. The maximum absolute atomic E-state index is 11.8. The van der Waals surface area contributed by atoms with Crippen LogP contribution in [0.1, 0.15) is 30.5 Å². The molecule has 2 rings (SSSR count). The van der Waals surface area contributed by atoms with Crippen molar-refractivity contribution >= 4 is 5.91 Å². The molecule has 1 aliphatic carbocycles. The van der Waals surface area contributed by atoms with Crippen LogP contribution < -0.4 is 15.8 Å². The van der Waals surface area contributed by atoms with Gasteiger partial charge in [0.1, 0.15) is 5.75 Å². The number of hydrogen-bond acceptors (Lipinski definition) is 4. The van der Waals surface area contributed by atoms with Gasteiger partial charge < -0.3 is 20.5 Å². The molecule has 20 heavy (non-hydrogen) atoms. The molecule has 0 heterocycles. The maximum atomic E-state index is 11.8. The van der Waals surface area contributed by atoms with Crippen LogP contribution >= 0.6 is 0 Å². The second-order valence-corrected chi connectivity index (χ2v) is 5.05. The third-order valence-electron chi connectivity index (χ3n) is 3.53.